The minimum Gasteiger partial charge on any atom is -0.508 e. The van der Waals surface area contributed by atoms with Gasteiger partial charge in [-0.1, -0.05) is 31.5 Å². The van der Waals surface area contributed by atoms with E-state index in [2.05, 4.69) is 6.92 Å². The van der Waals surface area contributed by atoms with E-state index >= 15 is 0 Å². The highest BCUT2D eigenvalue weighted by atomic mass is 32.2. The number of phenolic OH excluding ortho intramolecular Hbond substituents is 2. The maximum Gasteiger partial charge on any atom is 0.453 e. The van der Waals surface area contributed by atoms with Gasteiger partial charge in [-0.15, -0.1) is 0 Å². The molecule has 228 valence electrons. The van der Waals surface area contributed by atoms with Crippen molar-refractivity contribution in [3.8, 4) is 17.2 Å². The number of alkyl halides is 5. The summed E-state index contributed by atoms with van der Waals surface area (Å²) < 4.78 is 80.6. The number of halogens is 5. The highest BCUT2D eigenvalue weighted by Gasteiger charge is 2.56. The second-order valence-corrected chi connectivity index (χ2v) is 12.4. The van der Waals surface area contributed by atoms with Crippen LogP contribution in [0.3, 0.4) is 0 Å². The molecule has 0 aromatic heterocycles. The van der Waals surface area contributed by atoms with Crippen molar-refractivity contribution in [3.63, 3.8) is 0 Å². The molecule has 0 saturated heterocycles. The van der Waals surface area contributed by atoms with Crippen molar-refractivity contribution in [1.29, 1.82) is 0 Å². The fourth-order valence-corrected chi connectivity index (χ4v) is 6.46. The lowest BCUT2D eigenvalue weighted by atomic mass is 9.76. The molecule has 1 heterocycles. The molecule has 0 fully saturated rings. The quantitative estimate of drug-likeness (QED) is 0.159. The molecular formula is C30H37F5O5S. The zero-order valence-electron chi connectivity index (χ0n) is 23.0. The number of ketones is 1. The Balaban J connectivity index is 1.40. The fraction of sp³-hybridized carbons (Fsp3) is 0.567. The summed E-state index contributed by atoms with van der Waals surface area (Å²) in [6.45, 7) is 2.07. The Bertz CT molecular complexity index is 1190. The number of hydrogen-bond acceptors (Lipinski definition) is 5. The first-order valence-corrected chi connectivity index (χ1v) is 15.4. The van der Waals surface area contributed by atoms with Crippen LogP contribution in [0.1, 0.15) is 87.9 Å². The smallest absolute Gasteiger partial charge is 0.453 e. The van der Waals surface area contributed by atoms with Crippen LogP contribution in [0.4, 0.5) is 22.0 Å². The highest BCUT2D eigenvalue weighted by molar-refractivity contribution is 7.84. The summed E-state index contributed by atoms with van der Waals surface area (Å²) in [4.78, 5) is 12.5. The third-order valence-corrected chi connectivity index (χ3v) is 9.03. The van der Waals surface area contributed by atoms with Gasteiger partial charge in [-0.3, -0.25) is 9.00 Å². The number of Topliss-reactive ketones (excluding diaryl/α,β-unsaturated/α-hetero) is 1. The summed E-state index contributed by atoms with van der Waals surface area (Å²) in [5, 5.41) is 19.9. The lowest BCUT2D eigenvalue weighted by Gasteiger charge is -2.38. The molecule has 4 unspecified atom stereocenters. The Morgan fingerprint density at radius 1 is 0.902 bits per heavy atom. The SMILES string of the molecule is CC1C(CCCC(=O)CCCCCS(=O)CCCC(F)(F)C(F)(F)F)c2ccc(O)cc2OC1c1cccc(O)c1. The highest BCUT2D eigenvalue weighted by Crippen LogP contribution is 2.49. The monoisotopic (exact) mass is 604 g/mol. The molecule has 2 aromatic carbocycles. The van der Waals surface area contributed by atoms with Crippen LogP contribution in [-0.2, 0) is 15.6 Å². The van der Waals surface area contributed by atoms with Gasteiger partial charge in [-0.05, 0) is 67.3 Å². The van der Waals surface area contributed by atoms with E-state index in [9.17, 15) is 41.2 Å². The number of rotatable bonds is 15. The fourth-order valence-electron chi connectivity index (χ4n) is 5.27. The number of carbonyl (C=O) groups excluding carboxylic acids is 1. The van der Waals surface area contributed by atoms with Gasteiger partial charge >= 0.3 is 12.1 Å². The Kier molecular flexibility index (Phi) is 11.6. The van der Waals surface area contributed by atoms with E-state index in [4.69, 9.17) is 4.74 Å². The summed E-state index contributed by atoms with van der Waals surface area (Å²) in [7, 11) is -1.47. The van der Waals surface area contributed by atoms with Crippen LogP contribution in [0.15, 0.2) is 42.5 Å². The molecular weight excluding hydrogens is 567 g/mol. The molecule has 5 nitrogen and oxygen atoms in total. The molecule has 0 aliphatic carbocycles. The van der Waals surface area contributed by atoms with Crippen molar-refractivity contribution in [2.45, 2.75) is 88.8 Å². The van der Waals surface area contributed by atoms with Crippen molar-refractivity contribution >= 4 is 16.6 Å². The maximum absolute atomic E-state index is 12.9. The number of fused-ring (bicyclic) bond motifs is 1. The first-order valence-electron chi connectivity index (χ1n) is 13.9. The maximum atomic E-state index is 12.9. The van der Waals surface area contributed by atoms with Gasteiger partial charge in [0.1, 0.15) is 29.1 Å². The molecule has 0 radical (unpaired) electrons. The molecule has 1 aliphatic rings. The zero-order valence-corrected chi connectivity index (χ0v) is 23.8. The molecule has 2 aromatic rings. The number of phenols is 2. The summed E-state index contributed by atoms with van der Waals surface area (Å²) in [6.07, 6.45) is -3.88. The van der Waals surface area contributed by atoms with Crippen LogP contribution >= 0.6 is 0 Å². The second-order valence-electron chi connectivity index (χ2n) is 10.7. The lowest BCUT2D eigenvalue weighted by Crippen LogP contribution is -2.36. The number of carbonyl (C=O) groups is 1. The molecule has 4 atom stereocenters. The van der Waals surface area contributed by atoms with E-state index in [1.807, 2.05) is 12.1 Å². The zero-order chi connectivity index (χ0) is 30.2. The minimum atomic E-state index is -5.59. The molecule has 2 N–H and O–H groups in total. The van der Waals surface area contributed by atoms with E-state index < -0.39 is 35.7 Å². The van der Waals surface area contributed by atoms with Crippen LogP contribution in [0.25, 0.3) is 0 Å². The van der Waals surface area contributed by atoms with Gasteiger partial charge in [0.2, 0.25) is 0 Å². The van der Waals surface area contributed by atoms with Crippen LogP contribution in [0.2, 0.25) is 0 Å². The predicted octanol–water partition coefficient (Wildman–Crippen LogP) is 7.98. The van der Waals surface area contributed by atoms with Gasteiger partial charge in [-0.2, -0.15) is 22.0 Å². The number of aromatic hydroxyl groups is 2. The Labute approximate surface area is 239 Å². The van der Waals surface area contributed by atoms with Gasteiger partial charge in [-0.25, -0.2) is 0 Å². The summed E-state index contributed by atoms with van der Waals surface area (Å²) in [6, 6.07) is 11.9. The molecule has 41 heavy (non-hydrogen) atoms. The standard InChI is InChI=1S/C30H37F5O5S/c1-20-25(26-14-13-24(38)19-27(26)40-28(20)21-8-5-11-23(37)18-21)12-6-10-22(36)9-3-2-4-16-41(39)17-7-15-29(31,32)30(33,34)35/h5,8,11,13-14,18-20,25,28,37-38H,2-4,6-7,9-10,12,15-17H2,1H3. The molecule has 1 aliphatic heterocycles. The largest absolute Gasteiger partial charge is 0.508 e. The number of hydrogen-bond donors (Lipinski definition) is 2. The van der Waals surface area contributed by atoms with Gasteiger partial charge in [0, 0.05) is 53.6 Å². The van der Waals surface area contributed by atoms with Gasteiger partial charge < -0.3 is 14.9 Å². The van der Waals surface area contributed by atoms with E-state index in [0.29, 0.717) is 44.3 Å². The van der Waals surface area contributed by atoms with Crippen molar-refractivity contribution in [3.05, 3.63) is 53.6 Å². The molecule has 0 saturated carbocycles. The molecule has 0 bridgehead atoms. The summed E-state index contributed by atoms with van der Waals surface area (Å²) >= 11 is 0. The lowest BCUT2D eigenvalue weighted by molar-refractivity contribution is -0.284. The van der Waals surface area contributed by atoms with Crippen molar-refractivity contribution in [2.75, 3.05) is 11.5 Å². The number of ether oxygens (including phenoxy) is 1. The van der Waals surface area contributed by atoms with Gasteiger partial charge in [0.25, 0.3) is 0 Å². The van der Waals surface area contributed by atoms with E-state index in [1.54, 1.807) is 30.3 Å². The predicted molar refractivity (Wildman–Crippen MR) is 147 cm³/mol. The summed E-state index contributed by atoms with van der Waals surface area (Å²) in [5.41, 5.74) is 1.79. The third-order valence-electron chi connectivity index (χ3n) is 7.54. The molecule has 0 amide bonds. The Hall–Kier alpha value is -2.69. The van der Waals surface area contributed by atoms with Crippen LogP contribution in [0, 0.1) is 5.92 Å². The van der Waals surface area contributed by atoms with Gasteiger partial charge in [0.05, 0.1) is 0 Å². The number of benzene rings is 2. The first-order chi connectivity index (χ1) is 19.3. The average Bonchev–Trinajstić information content (AvgIpc) is 2.88. The molecule has 11 heteroatoms. The third kappa shape index (κ3) is 9.41. The van der Waals surface area contributed by atoms with Crippen LogP contribution in [0.5, 0.6) is 17.2 Å². The van der Waals surface area contributed by atoms with Crippen molar-refractivity contribution in [2.24, 2.45) is 5.92 Å². The number of unbranched alkanes of at least 4 members (excludes halogenated alkanes) is 2. The minimum absolute atomic E-state index is 0.0458. The topological polar surface area (TPSA) is 83.8 Å². The van der Waals surface area contributed by atoms with E-state index in [1.165, 1.54) is 0 Å². The summed E-state index contributed by atoms with van der Waals surface area (Å²) in [5.74, 6) is -3.72. The normalized spacial score (nSPS) is 19.8. The van der Waals surface area contributed by atoms with Crippen LogP contribution in [-0.4, -0.2) is 43.8 Å². The van der Waals surface area contributed by atoms with Crippen molar-refractivity contribution < 1.29 is 45.9 Å². The van der Waals surface area contributed by atoms with E-state index in [0.717, 1.165) is 17.5 Å². The molecule has 0 spiro atoms. The first kappa shape index (κ1) is 32.8. The van der Waals surface area contributed by atoms with Crippen LogP contribution < -0.4 is 4.74 Å². The average molecular weight is 605 g/mol. The Morgan fingerprint density at radius 3 is 2.29 bits per heavy atom. The molecule has 3 rings (SSSR count). The van der Waals surface area contributed by atoms with Gasteiger partial charge in [0.15, 0.2) is 0 Å². The Morgan fingerprint density at radius 2 is 1.59 bits per heavy atom. The second kappa shape index (κ2) is 14.5. The van der Waals surface area contributed by atoms with Crippen molar-refractivity contribution in [1.82, 2.24) is 0 Å². The van der Waals surface area contributed by atoms with E-state index in [-0.39, 0.29) is 46.7 Å².